The summed E-state index contributed by atoms with van der Waals surface area (Å²) in [7, 11) is 1.56. The molecule has 2 aromatic rings. The number of rotatable bonds is 2. The Hall–Kier alpha value is -2.27. The summed E-state index contributed by atoms with van der Waals surface area (Å²) in [6.07, 6.45) is 0. The zero-order chi connectivity index (χ0) is 14.1. The highest BCUT2D eigenvalue weighted by atomic mass is 35.5. The smallest absolute Gasteiger partial charge is 0.244 e. The Morgan fingerprint density at radius 3 is 2.95 bits per heavy atom. The van der Waals surface area contributed by atoms with Gasteiger partial charge < -0.3 is 15.0 Å². The number of hydrogen-bond donors (Lipinski definition) is 1. The minimum absolute atomic E-state index is 0.0931. The van der Waals surface area contributed by atoms with E-state index < -0.39 is 0 Å². The summed E-state index contributed by atoms with van der Waals surface area (Å²) in [5.74, 6) is 1.04. The Morgan fingerprint density at radius 1 is 1.35 bits per heavy atom. The molecule has 0 fully saturated rings. The first kappa shape index (κ1) is 12.7. The van der Waals surface area contributed by atoms with Crippen LogP contribution in [-0.2, 0) is 4.79 Å². The van der Waals surface area contributed by atoms with Gasteiger partial charge in [0.1, 0.15) is 6.54 Å². The molecule has 1 N–H and O–H groups in total. The number of nitrogens with zero attached hydrogens (tertiary/aromatic N) is 2. The number of carbonyl (C=O) groups is 1. The van der Waals surface area contributed by atoms with E-state index in [1.807, 2.05) is 17.0 Å². The molecule has 0 unspecified atom stereocenters. The molecular weight excluding hydrogens is 278 g/mol. The number of nitrogens with one attached hydrogen (secondary N) is 1. The zero-order valence-electron chi connectivity index (χ0n) is 10.8. The number of methoxy groups -OCH3 is 1. The molecule has 2 heterocycles. The van der Waals surface area contributed by atoms with E-state index in [4.69, 9.17) is 16.3 Å². The second kappa shape index (κ2) is 5.02. The number of benzene rings is 1. The molecule has 0 saturated carbocycles. The van der Waals surface area contributed by atoms with Crippen LogP contribution in [0.5, 0.6) is 5.88 Å². The normalized spacial score (nSPS) is 13.7. The van der Waals surface area contributed by atoms with Crippen molar-refractivity contribution in [2.75, 3.05) is 23.9 Å². The lowest BCUT2D eigenvalue weighted by Crippen LogP contribution is -2.35. The molecule has 6 heteroatoms. The molecule has 1 aromatic carbocycles. The standard InChI is InChI=1S/C14H12ClN3O2/c1-20-13-6-5-11-14(17-13)18(8-12(19)16-11)10-4-2-3-9(15)7-10/h2-7H,8H2,1H3,(H,16,19). The molecule has 0 spiro atoms. The van der Waals surface area contributed by atoms with Gasteiger partial charge in [0.25, 0.3) is 0 Å². The summed E-state index contributed by atoms with van der Waals surface area (Å²) in [6.45, 7) is 0.188. The molecule has 3 rings (SSSR count). The summed E-state index contributed by atoms with van der Waals surface area (Å²) < 4.78 is 5.14. The fourth-order valence-corrected chi connectivity index (χ4v) is 2.30. The van der Waals surface area contributed by atoms with Gasteiger partial charge in [-0.15, -0.1) is 0 Å². The number of aromatic nitrogens is 1. The fourth-order valence-electron chi connectivity index (χ4n) is 2.11. The Morgan fingerprint density at radius 2 is 2.20 bits per heavy atom. The number of ether oxygens (including phenoxy) is 1. The maximum atomic E-state index is 11.8. The van der Waals surface area contributed by atoms with E-state index >= 15 is 0 Å². The average molecular weight is 290 g/mol. The topological polar surface area (TPSA) is 54.5 Å². The minimum Gasteiger partial charge on any atom is -0.481 e. The van der Waals surface area contributed by atoms with Gasteiger partial charge in [0.15, 0.2) is 5.82 Å². The number of hydrogen-bond acceptors (Lipinski definition) is 4. The van der Waals surface area contributed by atoms with Crippen LogP contribution in [0.1, 0.15) is 0 Å². The van der Waals surface area contributed by atoms with Crippen molar-refractivity contribution in [3.05, 3.63) is 41.4 Å². The van der Waals surface area contributed by atoms with Crippen molar-refractivity contribution in [3.63, 3.8) is 0 Å². The van der Waals surface area contributed by atoms with Crippen molar-refractivity contribution in [2.24, 2.45) is 0 Å². The molecule has 0 radical (unpaired) electrons. The third-order valence-electron chi connectivity index (χ3n) is 3.01. The Bertz CT molecular complexity index is 675. The van der Waals surface area contributed by atoms with Crippen LogP contribution in [-0.4, -0.2) is 24.5 Å². The first-order chi connectivity index (χ1) is 9.67. The number of carbonyl (C=O) groups excluding carboxylic acids is 1. The molecule has 0 bridgehead atoms. The van der Waals surface area contributed by atoms with Crippen molar-refractivity contribution >= 4 is 34.7 Å². The van der Waals surface area contributed by atoms with Crippen LogP contribution in [0, 0.1) is 0 Å². The molecule has 1 aromatic heterocycles. The molecule has 20 heavy (non-hydrogen) atoms. The molecule has 1 aliphatic rings. The monoisotopic (exact) mass is 289 g/mol. The maximum Gasteiger partial charge on any atom is 0.244 e. The summed E-state index contributed by atoms with van der Waals surface area (Å²) in [5.41, 5.74) is 1.47. The van der Waals surface area contributed by atoms with E-state index in [1.54, 1.807) is 31.4 Å². The summed E-state index contributed by atoms with van der Waals surface area (Å²) in [6, 6.07) is 10.8. The van der Waals surface area contributed by atoms with Crippen LogP contribution < -0.4 is 15.0 Å². The van der Waals surface area contributed by atoms with Crippen LogP contribution >= 0.6 is 11.6 Å². The first-order valence-corrected chi connectivity index (χ1v) is 6.43. The molecule has 0 saturated heterocycles. The van der Waals surface area contributed by atoms with E-state index in [0.29, 0.717) is 22.4 Å². The number of fused-ring (bicyclic) bond motifs is 1. The highest BCUT2D eigenvalue weighted by Gasteiger charge is 2.25. The van der Waals surface area contributed by atoms with E-state index in [9.17, 15) is 4.79 Å². The van der Waals surface area contributed by atoms with Gasteiger partial charge in [0, 0.05) is 16.8 Å². The predicted molar refractivity (Wildman–Crippen MR) is 77.9 cm³/mol. The van der Waals surface area contributed by atoms with Gasteiger partial charge in [-0.25, -0.2) is 0 Å². The number of amides is 1. The van der Waals surface area contributed by atoms with Crippen LogP contribution in [0.15, 0.2) is 36.4 Å². The maximum absolute atomic E-state index is 11.8. The SMILES string of the molecule is COc1ccc2c(n1)N(c1cccc(Cl)c1)CC(=O)N2. The van der Waals surface area contributed by atoms with Crippen LogP contribution in [0.2, 0.25) is 5.02 Å². The number of halogens is 1. The average Bonchev–Trinajstić information content (AvgIpc) is 2.46. The van der Waals surface area contributed by atoms with Crippen molar-refractivity contribution < 1.29 is 9.53 Å². The highest BCUT2D eigenvalue weighted by molar-refractivity contribution is 6.30. The Labute approximate surface area is 121 Å². The Kier molecular flexibility index (Phi) is 3.20. The highest BCUT2D eigenvalue weighted by Crippen LogP contribution is 2.35. The quantitative estimate of drug-likeness (QED) is 0.924. The van der Waals surface area contributed by atoms with Crippen LogP contribution in [0.25, 0.3) is 0 Å². The van der Waals surface area contributed by atoms with Gasteiger partial charge in [-0.1, -0.05) is 17.7 Å². The van der Waals surface area contributed by atoms with Crippen molar-refractivity contribution in [1.82, 2.24) is 4.98 Å². The molecule has 1 amide bonds. The lowest BCUT2D eigenvalue weighted by molar-refractivity contribution is -0.115. The summed E-state index contributed by atoms with van der Waals surface area (Å²) in [5, 5.41) is 3.40. The second-order valence-electron chi connectivity index (χ2n) is 4.34. The summed E-state index contributed by atoms with van der Waals surface area (Å²) in [4.78, 5) is 18.0. The molecule has 0 aliphatic carbocycles. The Balaban J connectivity index is 2.11. The van der Waals surface area contributed by atoms with Crippen molar-refractivity contribution in [1.29, 1.82) is 0 Å². The van der Waals surface area contributed by atoms with Gasteiger partial charge >= 0.3 is 0 Å². The van der Waals surface area contributed by atoms with Gasteiger partial charge in [0.05, 0.1) is 12.8 Å². The van der Waals surface area contributed by atoms with Gasteiger partial charge in [-0.3, -0.25) is 4.79 Å². The van der Waals surface area contributed by atoms with Crippen LogP contribution in [0.3, 0.4) is 0 Å². The third-order valence-corrected chi connectivity index (χ3v) is 3.25. The predicted octanol–water partition coefficient (Wildman–Crippen LogP) is 2.83. The number of pyridine rings is 1. The summed E-state index contributed by atoms with van der Waals surface area (Å²) >= 11 is 6.01. The molecule has 5 nitrogen and oxygen atoms in total. The second-order valence-corrected chi connectivity index (χ2v) is 4.78. The van der Waals surface area contributed by atoms with Crippen molar-refractivity contribution in [2.45, 2.75) is 0 Å². The van der Waals surface area contributed by atoms with E-state index in [-0.39, 0.29) is 12.5 Å². The first-order valence-electron chi connectivity index (χ1n) is 6.05. The number of anilines is 3. The molecule has 1 aliphatic heterocycles. The minimum atomic E-state index is -0.0931. The van der Waals surface area contributed by atoms with E-state index in [0.717, 1.165) is 5.69 Å². The molecular formula is C14H12ClN3O2. The van der Waals surface area contributed by atoms with E-state index in [2.05, 4.69) is 10.3 Å². The zero-order valence-corrected chi connectivity index (χ0v) is 11.5. The molecule has 0 atom stereocenters. The van der Waals surface area contributed by atoms with Gasteiger partial charge in [-0.05, 0) is 24.3 Å². The largest absolute Gasteiger partial charge is 0.481 e. The lowest BCUT2D eigenvalue weighted by Gasteiger charge is -2.29. The molecule has 102 valence electrons. The fraction of sp³-hybridized carbons (Fsp3) is 0.143. The van der Waals surface area contributed by atoms with E-state index in [1.165, 1.54) is 0 Å². The van der Waals surface area contributed by atoms with Gasteiger partial charge in [0.2, 0.25) is 11.8 Å². The lowest BCUT2D eigenvalue weighted by atomic mass is 10.2. The third kappa shape index (κ3) is 2.28. The van der Waals surface area contributed by atoms with Crippen molar-refractivity contribution in [3.8, 4) is 5.88 Å². The van der Waals surface area contributed by atoms with Gasteiger partial charge in [-0.2, -0.15) is 4.98 Å². The van der Waals surface area contributed by atoms with Crippen LogP contribution in [0.4, 0.5) is 17.2 Å².